The van der Waals surface area contributed by atoms with Gasteiger partial charge in [-0.1, -0.05) is 177 Å². The van der Waals surface area contributed by atoms with Crippen LogP contribution in [0.25, 0.3) is 0 Å². The van der Waals surface area contributed by atoms with E-state index in [1.807, 2.05) is 12.2 Å². The number of unbranched alkanes of at least 4 members (excludes halogenated alkanes) is 18. The van der Waals surface area contributed by atoms with Crippen LogP contribution >= 0.6 is 7.82 Å². The number of hydrogen-bond acceptors (Lipinski definition) is 9. The molecule has 11 heteroatoms. The number of esters is 2. The molecular formula is C50H87O10P. The third-order valence-electron chi connectivity index (χ3n) is 9.90. The lowest BCUT2D eigenvalue weighted by atomic mass is 10.1. The van der Waals surface area contributed by atoms with E-state index in [1.54, 1.807) is 0 Å². The summed E-state index contributed by atoms with van der Waals surface area (Å²) >= 11 is 0. The predicted molar refractivity (Wildman–Crippen MR) is 251 cm³/mol. The molecular weight excluding hydrogens is 792 g/mol. The molecule has 0 saturated carbocycles. The van der Waals surface area contributed by atoms with Gasteiger partial charge in [-0.15, -0.1) is 0 Å². The number of carbonyl (C=O) groups is 2. The summed E-state index contributed by atoms with van der Waals surface area (Å²) in [6, 6.07) is 0. The third kappa shape index (κ3) is 43.8. The number of aliphatic hydroxyl groups is 2. The zero-order chi connectivity index (χ0) is 44.8. The smallest absolute Gasteiger partial charge is 0.457 e. The molecule has 0 saturated heterocycles. The van der Waals surface area contributed by atoms with Crippen LogP contribution < -0.4 is 0 Å². The van der Waals surface area contributed by atoms with E-state index in [-0.39, 0.29) is 12.8 Å². The second-order valence-electron chi connectivity index (χ2n) is 15.7. The van der Waals surface area contributed by atoms with Crippen molar-refractivity contribution < 1.29 is 47.8 Å². The molecule has 352 valence electrons. The Kier molecular flexibility index (Phi) is 43.5. The van der Waals surface area contributed by atoms with Gasteiger partial charge in [-0.25, -0.2) is 4.57 Å². The topological polar surface area (TPSA) is 149 Å². The minimum atomic E-state index is -4.66. The maximum atomic E-state index is 12.4. The van der Waals surface area contributed by atoms with Crippen molar-refractivity contribution in [2.75, 3.05) is 26.4 Å². The minimum Gasteiger partial charge on any atom is -0.457 e. The molecule has 0 aliphatic heterocycles. The summed E-state index contributed by atoms with van der Waals surface area (Å²) in [5.74, 6) is -1.08. The van der Waals surface area contributed by atoms with E-state index in [0.717, 1.165) is 51.4 Å². The average molecular weight is 879 g/mol. The fraction of sp³-hybridized carbons (Fsp3) is 0.720. The Morgan fingerprint density at radius 3 is 1.20 bits per heavy atom. The number of carbonyl (C=O) groups excluding carboxylic acids is 2. The van der Waals surface area contributed by atoms with Gasteiger partial charge in [0, 0.05) is 12.8 Å². The quantitative estimate of drug-likeness (QED) is 0.0234. The first-order valence-corrected chi connectivity index (χ1v) is 25.4. The SMILES string of the molecule is CC/C=C\C/C=C\C/C=C\C/C=C\C/C=C\CCCC(=O)OC(CO)COP(=O)(O)OCC(CO)OC(=O)CCCCCCCCCCC/C=C\CCCCCCCCCC. The monoisotopic (exact) mass is 879 g/mol. The van der Waals surface area contributed by atoms with Gasteiger partial charge in [-0.05, 0) is 77.0 Å². The van der Waals surface area contributed by atoms with E-state index < -0.39 is 58.4 Å². The molecule has 10 nitrogen and oxygen atoms in total. The summed E-state index contributed by atoms with van der Waals surface area (Å²) in [7, 11) is -4.66. The second kappa shape index (κ2) is 45.4. The van der Waals surface area contributed by atoms with Gasteiger partial charge in [0.2, 0.25) is 0 Å². The Morgan fingerprint density at radius 1 is 0.459 bits per heavy atom. The number of phosphoric ester groups is 1. The molecule has 3 atom stereocenters. The number of aliphatic hydroxyl groups excluding tert-OH is 2. The number of hydrogen-bond donors (Lipinski definition) is 3. The standard InChI is InChI=1S/C50H87O10P/c1-3-5-7-9-11-13-15-17-19-21-22-23-24-26-28-30-32-34-36-38-40-42-50(54)60-48(44-52)46-58-61(55,56)57-45-47(43-51)59-49(53)41-39-37-35-33-31-29-27-25-20-18-16-14-12-10-8-6-4-2/h6,8,12,14,18,20-22,27,29,33,35,47-48,51-52H,3-5,7,9-11,13,15-17,19,23-26,28,30-32,34,36-46H2,1-2H3,(H,55,56)/b8-6-,14-12-,20-18-,22-21-,29-27-,35-33-. The maximum absolute atomic E-state index is 12.4. The van der Waals surface area contributed by atoms with Gasteiger partial charge in [-0.3, -0.25) is 18.6 Å². The van der Waals surface area contributed by atoms with Crippen LogP contribution in [-0.4, -0.2) is 65.7 Å². The number of allylic oxidation sites excluding steroid dienone is 12. The Morgan fingerprint density at radius 2 is 0.787 bits per heavy atom. The molecule has 3 unspecified atom stereocenters. The summed E-state index contributed by atoms with van der Waals surface area (Å²) < 4.78 is 32.6. The minimum absolute atomic E-state index is 0.111. The molecule has 0 fully saturated rings. The Hall–Kier alpha value is -2.59. The highest BCUT2D eigenvalue weighted by Crippen LogP contribution is 2.43. The predicted octanol–water partition coefficient (Wildman–Crippen LogP) is 13.2. The molecule has 3 N–H and O–H groups in total. The van der Waals surface area contributed by atoms with Crippen LogP contribution in [0.5, 0.6) is 0 Å². The van der Waals surface area contributed by atoms with Crippen LogP contribution in [0.4, 0.5) is 0 Å². The highest BCUT2D eigenvalue weighted by Gasteiger charge is 2.27. The third-order valence-corrected chi connectivity index (χ3v) is 10.9. The summed E-state index contributed by atoms with van der Waals surface area (Å²) in [4.78, 5) is 34.6. The highest BCUT2D eigenvalue weighted by molar-refractivity contribution is 7.47. The number of rotatable bonds is 44. The van der Waals surface area contributed by atoms with Gasteiger partial charge in [0.05, 0.1) is 26.4 Å². The van der Waals surface area contributed by atoms with Crippen molar-refractivity contribution in [2.45, 2.75) is 206 Å². The normalized spacial score (nSPS) is 14.4. The molecule has 0 spiro atoms. The lowest BCUT2D eigenvalue weighted by molar-refractivity contribution is -0.153. The summed E-state index contributed by atoms with van der Waals surface area (Å²) in [6.07, 6.45) is 53.1. The van der Waals surface area contributed by atoms with E-state index in [0.29, 0.717) is 19.3 Å². The molecule has 0 aliphatic carbocycles. The van der Waals surface area contributed by atoms with Crippen LogP contribution in [0.15, 0.2) is 72.9 Å². The van der Waals surface area contributed by atoms with Gasteiger partial charge in [0.15, 0.2) is 0 Å². The van der Waals surface area contributed by atoms with Gasteiger partial charge in [0.25, 0.3) is 0 Å². The Balaban J connectivity index is 3.94. The number of ether oxygens (including phenoxy) is 2. The molecule has 0 radical (unpaired) electrons. The molecule has 0 rings (SSSR count). The van der Waals surface area contributed by atoms with Gasteiger partial charge in [0.1, 0.15) is 12.2 Å². The summed E-state index contributed by atoms with van der Waals surface area (Å²) in [6.45, 7) is 2.03. The van der Waals surface area contributed by atoms with Gasteiger partial charge in [-0.2, -0.15) is 0 Å². The van der Waals surface area contributed by atoms with Crippen molar-refractivity contribution in [3.63, 3.8) is 0 Å². The zero-order valence-electron chi connectivity index (χ0n) is 38.4. The summed E-state index contributed by atoms with van der Waals surface area (Å²) in [5.41, 5.74) is 0. The molecule has 61 heavy (non-hydrogen) atoms. The molecule has 0 amide bonds. The van der Waals surface area contributed by atoms with Crippen molar-refractivity contribution >= 4 is 19.8 Å². The van der Waals surface area contributed by atoms with E-state index in [1.165, 1.54) is 96.3 Å². The van der Waals surface area contributed by atoms with Crippen LogP contribution in [-0.2, 0) is 32.7 Å². The summed E-state index contributed by atoms with van der Waals surface area (Å²) in [5, 5.41) is 19.2. The maximum Gasteiger partial charge on any atom is 0.472 e. The first-order chi connectivity index (χ1) is 29.8. The first-order valence-electron chi connectivity index (χ1n) is 23.9. The van der Waals surface area contributed by atoms with Crippen LogP contribution in [0.1, 0.15) is 194 Å². The lowest BCUT2D eigenvalue weighted by Gasteiger charge is -2.20. The highest BCUT2D eigenvalue weighted by atomic mass is 31.2. The average Bonchev–Trinajstić information content (AvgIpc) is 3.25. The molecule has 0 aliphatic rings. The zero-order valence-corrected chi connectivity index (χ0v) is 39.3. The van der Waals surface area contributed by atoms with Gasteiger partial charge < -0.3 is 24.6 Å². The van der Waals surface area contributed by atoms with Crippen molar-refractivity contribution in [3.8, 4) is 0 Å². The number of phosphoric acid groups is 1. The lowest BCUT2D eigenvalue weighted by Crippen LogP contribution is -2.28. The Bertz CT molecular complexity index is 1240. The first kappa shape index (κ1) is 58.4. The van der Waals surface area contributed by atoms with E-state index in [9.17, 15) is 29.3 Å². The molecule has 0 bridgehead atoms. The Labute approximate surface area is 371 Å². The molecule has 0 heterocycles. The van der Waals surface area contributed by atoms with Crippen molar-refractivity contribution in [2.24, 2.45) is 0 Å². The van der Waals surface area contributed by atoms with Crippen molar-refractivity contribution in [1.29, 1.82) is 0 Å². The molecule has 0 aromatic heterocycles. The van der Waals surface area contributed by atoms with Crippen molar-refractivity contribution in [3.05, 3.63) is 72.9 Å². The molecule has 0 aromatic rings. The van der Waals surface area contributed by atoms with E-state index in [2.05, 4.69) is 74.6 Å². The molecule has 0 aromatic carbocycles. The fourth-order valence-electron chi connectivity index (χ4n) is 6.26. The van der Waals surface area contributed by atoms with Crippen molar-refractivity contribution in [1.82, 2.24) is 0 Å². The second-order valence-corrected chi connectivity index (χ2v) is 17.2. The van der Waals surface area contributed by atoms with E-state index >= 15 is 0 Å². The van der Waals surface area contributed by atoms with Crippen LogP contribution in [0, 0.1) is 0 Å². The van der Waals surface area contributed by atoms with Crippen LogP contribution in [0.3, 0.4) is 0 Å². The van der Waals surface area contributed by atoms with E-state index in [4.69, 9.17) is 18.5 Å². The van der Waals surface area contributed by atoms with Gasteiger partial charge >= 0.3 is 19.8 Å². The largest absolute Gasteiger partial charge is 0.472 e. The van der Waals surface area contributed by atoms with Crippen LogP contribution in [0.2, 0.25) is 0 Å². The fourth-order valence-corrected chi connectivity index (χ4v) is 7.05.